The van der Waals surface area contributed by atoms with Crippen LogP contribution >= 0.6 is 0 Å². The third-order valence-corrected chi connectivity index (χ3v) is 3.53. The number of carbonyl (C=O) groups is 1. The van der Waals surface area contributed by atoms with Gasteiger partial charge in [0.05, 0.1) is 17.5 Å². The van der Waals surface area contributed by atoms with E-state index in [-0.39, 0.29) is 18.3 Å². The molecule has 1 heterocycles. The van der Waals surface area contributed by atoms with Crippen molar-refractivity contribution < 1.29 is 9.90 Å². The van der Waals surface area contributed by atoms with Gasteiger partial charge in [0.25, 0.3) is 5.91 Å². The molecule has 1 aromatic carbocycles. The maximum absolute atomic E-state index is 12.5. The number of rotatable bonds is 5. The predicted molar refractivity (Wildman–Crippen MR) is 90.6 cm³/mol. The summed E-state index contributed by atoms with van der Waals surface area (Å²) < 4.78 is 1.45. The summed E-state index contributed by atoms with van der Waals surface area (Å²) in [4.78, 5) is 14.1. The number of benzene rings is 1. The number of aromatic nitrogens is 2. The third kappa shape index (κ3) is 3.73. The maximum atomic E-state index is 12.5. The van der Waals surface area contributed by atoms with Gasteiger partial charge in [0.15, 0.2) is 0 Å². The van der Waals surface area contributed by atoms with Crippen molar-refractivity contribution in [1.82, 2.24) is 14.7 Å². The lowest BCUT2D eigenvalue weighted by Gasteiger charge is -2.28. The molecular weight excluding hydrogens is 306 g/mol. The largest absolute Gasteiger partial charge is 0.389 e. The highest BCUT2D eigenvalue weighted by molar-refractivity contribution is 5.94. The van der Waals surface area contributed by atoms with Crippen molar-refractivity contribution in [1.29, 1.82) is 5.26 Å². The molecule has 0 unspecified atom stereocenters. The van der Waals surface area contributed by atoms with E-state index >= 15 is 0 Å². The zero-order chi connectivity index (χ0) is 17.9. The molecule has 0 aliphatic rings. The van der Waals surface area contributed by atoms with E-state index in [0.29, 0.717) is 23.4 Å². The number of aliphatic hydroxyl groups is 1. The molecule has 7 heteroatoms. The second-order valence-corrected chi connectivity index (χ2v) is 6.15. The van der Waals surface area contributed by atoms with Crippen LogP contribution in [0.15, 0.2) is 30.5 Å². The van der Waals surface area contributed by atoms with Gasteiger partial charge in [0.2, 0.25) is 0 Å². The Morgan fingerprint density at radius 3 is 2.50 bits per heavy atom. The van der Waals surface area contributed by atoms with E-state index in [1.807, 2.05) is 13.0 Å². The van der Waals surface area contributed by atoms with Gasteiger partial charge in [-0.05, 0) is 45.0 Å². The number of likely N-dealkylation sites (N-methyl/N-ethyl adjacent to an activating group) is 1. The second kappa shape index (κ2) is 6.72. The van der Waals surface area contributed by atoms with E-state index < -0.39 is 5.60 Å². The van der Waals surface area contributed by atoms with Crippen LogP contribution in [0, 0.1) is 11.3 Å². The van der Waals surface area contributed by atoms with E-state index in [1.54, 1.807) is 43.0 Å². The van der Waals surface area contributed by atoms with Crippen LogP contribution in [0.2, 0.25) is 0 Å². The zero-order valence-electron chi connectivity index (χ0n) is 14.0. The van der Waals surface area contributed by atoms with Gasteiger partial charge in [-0.15, -0.1) is 0 Å². The first kappa shape index (κ1) is 17.5. The van der Waals surface area contributed by atoms with E-state index in [4.69, 9.17) is 11.0 Å². The Kier molecular flexibility index (Phi) is 4.90. The van der Waals surface area contributed by atoms with E-state index in [2.05, 4.69) is 5.10 Å². The minimum absolute atomic E-state index is 0.155. The fourth-order valence-electron chi connectivity index (χ4n) is 2.37. The first-order chi connectivity index (χ1) is 11.3. The van der Waals surface area contributed by atoms with Crippen molar-refractivity contribution in [2.45, 2.75) is 26.4 Å². The molecule has 0 aliphatic carbocycles. The topological polar surface area (TPSA) is 108 Å². The van der Waals surface area contributed by atoms with E-state index in [9.17, 15) is 9.90 Å². The molecule has 0 atom stereocenters. The lowest BCUT2D eigenvalue weighted by atomic mass is 10.1. The molecule has 0 saturated heterocycles. The second-order valence-electron chi connectivity index (χ2n) is 6.15. The van der Waals surface area contributed by atoms with Crippen molar-refractivity contribution in [3.05, 3.63) is 41.6 Å². The highest BCUT2D eigenvalue weighted by Gasteiger charge is 2.22. The summed E-state index contributed by atoms with van der Waals surface area (Å²) in [5.41, 5.74) is 6.38. The average molecular weight is 327 g/mol. The molecule has 3 N–H and O–H groups in total. The van der Waals surface area contributed by atoms with Crippen molar-refractivity contribution in [2.24, 2.45) is 0 Å². The highest BCUT2D eigenvalue weighted by Crippen LogP contribution is 2.18. The van der Waals surface area contributed by atoms with Gasteiger partial charge in [-0.25, -0.2) is 4.68 Å². The highest BCUT2D eigenvalue weighted by atomic mass is 16.3. The molecule has 0 fully saturated rings. The fraction of sp³-hybridized carbons (Fsp3) is 0.353. The Balaban J connectivity index is 2.24. The molecule has 0 bridgehead atoms. The number of nitrogens with two attached hydrogens (primary N) is 1. The molecule has 0 aliphatic heterocycles. The number of hydrogen-bond donors (Lipinski definition) is 2. The molecule has 2 rings (SSSR count). The molecule has 0 spiro atoms. The minimum Gasteiger partial charge on any atom is -0.389 e. The van der Waals surface area contributed by atoms with Crippen molar-refractivity contribution in [3.8, 4) is 11.8 Å². The first-order valence-electron chi connectivity index (χ1n) is 7.62. The number of hydrogen-bond acceptors (Lipinski definition) is 5. The monoisotopic (exact) mass is 327 g/mol. The van der Waals surface area contributed by atoms with Crippen LogP contribution in [0.5, 0.6) is 0 Å². The predicted octanol–water partition coefficient (Wildman–Crippen LogP) is 1.56. The van der Waals surface area contributed by atoms with Crippen molar-refractivity contribution in [2.75, 3.05) is 18.8 Å². The van der Waals surface area contributed by atoms with Crippen LogP contribution in [0.3, 0.4) is 0 Å². The van der Waals surface area contributed by atoms with Gasteiger partial charge in [0, 0.05) is 18.7 Å². The molecule has 0 radical (unpaired) electrons. The number of nitrogen functional groups attached to an aromatic ring is 1. The number of anilines is 1. The number of amides is 1. The maximum Gasteiger partial charge on any atom is 0.253 e. The average Bonchev–Trinajstić information content (AvgIpc) is 2.92. The summed E-state index contributed by atoms with van der Waals surface area (Å²) in [5, 5.41) is 22.9. The number of nitriles is 1. The molecule has 126 valence electrons. The van der Waals surface area contributed by atoms with Crippen LogP contribution in [0.4, 0.5) is 5.82 Å². The van der Waals surface area contributed by atoms with Gasteiger partial charge >= 0.3 is 0 Å². The van der Waals surface area contributed by atoms with Crippen molar-refractivity contribution in [3.63, 3.8) is 0 Å². The van der Waals surface area contributed by atoms with Crippen LogP contribution in [-0.2, 0) is 0 Å². The van der Waals surface area contributed by atoms with Gasteiger partial charge in [-0.3, -0.25) is 4.79 Å². The lowest BCUT2D eigenvalue weighted by molar-refractivity contribution is 0.0314. The standard InChI is InChI=1S/C17H21N5O2/c1-4-21(11-17(2,3)24)16(23)12-5-7-14(8-6-12)22-15(19)13(9-18)10-20-22/h5-8,10,24H,4,11,19H2,1-3H3. The van der Waals surface area contributed by atoms with Gasteiger partial charge < -0.3 is 15.7 Å². The fourth-order valence-corrected chi connectivity index (χ4v) is 2.37. The summed E-state index contributed by atoms with van der Waals surface area (Å²) in [6, 6.07) is 8.76. The van der Waals surface area contributed by atoms with Gasteiger partial charge in [-0.2, -0.15) is 10.4 Å². The molecule has 2 aromatic rings. The minimum atomic E-state index is -0.956. The Morgan fingerprint density at radius 1 is 1.42 bits per heavy atom. The normalized spacial score (nSPS) is 11.1. The molecular formula is C17H21N5O2. The van der Waals surface area contributed by atoms with E-state index in [1.165, 1.54) is 10.9 Å². The van der Waals surface area contributed by atoms with Crippen LogP contribution in [0.25, 0.3) is 5.69 Å². The summed E-state index contributed by atoms with van der Waals surface area (Å²) in [5.74, 6) is 0.103. The molecule has 24 heavy (non-hydrogen) atoms. The first-order valence-corrected chi connectivity index (χ1v) is 7.62. The Bertz CT molecular complexity index is 766. The molecule has 0 saturated carbocycles. The van der Waals surface area contributed by atoms with Gasteiger partial charge in [-0.1, -0.05) is 0 Å². The molecule has 1 amide bonds. The van der Waals surface area contributed by atoms with Crippen LogP contribution < -0.4 is 5.73 Å². The number of carbonyl (C=O) groups excluding carboxylic acids is 1. The Hall–Kier alpha value is -2.85. The molecule has 1 aromatic heterocycles. The van der Waals surface area contributed by atoms with E-state index in [0.717, 1.165) is 0 Å². The Labute approximate surface area is 140 Å². The Morgan fingerprint density at radius 2 is 2.04 bits per heavy atom. The summed E-state index contributed by atoms with van der Waals surface area (Å²) in [7, 11) is 0. The zero-order valence-corrected chi connectivity index (χ0v) is 14.0. The smallest absolute Gasteiger partial charge is 0.253 e. The molecule has 7 nitrogen and oxygen atoms in total. The summed E-state index contributed by atoms with van der Waals surface area (Å²) in [6.45, 7) is 5.95. The summed E-state index contributed by atoms with van der Waals surface area (Å²) >= 11 is 0. The number of nitrogens with zero attached hydrogens (tertiary/aromatic N) is 4. The lowest BCUT2D eigenvalue weighted by Crippen LogP contribution is -2.42. The summed E-state index contributed by atoms with van der Waals surface area (Å²) in [6.07, 6.45) is 1.40. The quantitative estimate of drug-likeness (QED) is 0.866. The van der Waals surface area contributed by atoms with Crippen LogP contribution in [0.1, 0.15) is 36.7 Å². The van der Waals surface area contributed by atoms with Gasteiger partial charge in [0.1, 0.15) is 17.5 Å². The third-order valence-electron chi connectivity index (χ3n) is 3.53. The SMILES string of the molecule is CCN(CC(C)(C)O)C(=O)c1ccc(-n2ncc(C#N)c2N)cc1. The van der Waals surface area contributed by atoms with Crippen molar-refractivity contribution >= 4 is 11.7 Å². The van der Waals surface area contributed by atoms with Crippen LogP contribution in [-0.4, -0.2) is 44.4 Å².